The van der Waals surface area contributed by atoms with Crippen LogP contribution in [0.2, 0.25) is 0 Å². The van der Waals surface area contributed by atoms with Gasteiger partial charge in [0.2, 0.25) is 0 Å². The molecule has 0 bridgehead atoms. The van der Waals surface area contributed by atoms with Crippen molar-refractivity contribution in [2.75, 3.05) is 0 Å². The molecule has 212 valence electrons. The minimum absolute atomic E-state index is 0.164. The van der Waals surface area contributed by atoms with Crippen LogP contribution in [0.25, 0.3) is 77.0 Å². The van der Waals surface area contributed by atoms with Gasteiger partial charge < -0.3 is 0 Å². The summed E-state index contributed by atoms with van der Waals surface area (Å²) < 4.78 is 0. The van der Waals surface area contributed by atoms with Crippen LogP contribution in [0.1, 0.15) is 25.1 Å². The molecular formula is C44H31N. The summed E-state index contributed by atoms with van der Waals surface area (Å²) in [6.07, 6.45) is 0. The zero-order valence-corrected chi connectivity index (χ0v) is 25.4. The molecule has 1 heterocycles. The highest BCUT2D eigenvalue weighted by Crippen LogP contribution is 2.51. The largest absolute Gasteiger partial charge is 0.251 e. The molecule has 7 aromatic carbocycles. The molecule has 1 aromatic heterocycles. The normalized spacial score (nSPS) is 13.3. The molecule has 1 aliphatic rings. The Morgan fingerprint density at radius 2 is 0.800 bits per heavy atom. The van der Waals surface area contributed by atoms with Crippen LogP contribution in [0.5, 0.6) is 0 Å². The lowest BCUT2D eigenvalue weighted by molar-refractivity contribution is 0.638. The van der Waals surface area contributed by atoms with Gasteiger partial charge >= 0.3 is 0 Å². The minimum atomic E-state index is -0.164. The van der Waals surface area contributed by atoms with Crippen molar-refractivity contribution in [2.24, 2.45) is 0 Å². The molecule has 0 amide bonds. The highest BCUT2D eigenvalue weighted by atomic mass is 14.8. The Morgan fingerprint density at radius 1 is 0.378 bits per heavy atom. The van der Waals surface area contributed by atoms with Gasteiger partial charge in [0.05, 0.1) is 11.4 Å². The quantitative estimate of drug-likeness (QED) is 0.192. The van der Waals surface area contributed by atoms with Gasteiger partial charge in [-0.15, -0.1) is 0 Å². The monoisotopic (exact) mass is 573 g/mol. The number of pyridine rings is 1. The van der Waals surface area contributed by atoms with E-state index in [4.69, 9.17) is 4.98 Å². The van der Waals surface area contributed by atoms with Gasteiger partial charge in [0.25, 0.3) is 0 Å². The SMILES string of the molecule is CC1(C)c2ccccc2-c2c1nc(-c1ccc(-c3c4ccccc4c(-c4ccccc4)c4ccccc34)cc1)c1ccccc21. The van der Waals surface area contributed by atoms with Crippen molar-refractivity contribution in [1.29, 1.82) is 0 Å². The van der Waals surface area contributed by atoms with E-state index >= 15 is 0 Å². The van der Waals surface area contributed by atoms with Crippen LogP contribution >= 0.6 is 0 Å². The van der Waals surface area contributed by atoms with Crippen molar-refractivity contribution >= 4 is 32.3 Å². The van der Waals surface area contributed by atoms with Gasteiger partial charge in [-0.05, 0) is 60.3 Å². The molecule has 0 fully saturated rings. The van der Waals surface area contributed by atoms with Gasteiger partial charge in [-0.25, -0.2) is 0 Å². The molecule has 1 nitrogen and oxygen atoms in total. The summed E-state index contributed by atoms with van der Waals surface area (Å²) in [5.74, 6) is 0. The molecule has 8 aromatic rings. The summed E-state index contributed by atoms with van der Waals surface area (Å²) in [4.78, 5) is 5.47. The molecule has 0 aliphatic heterocycles. The Morgan fingerprint density at radius 3 is 1.38 bits per heavy atom. The van der Waals surface area contributed by atoms with E-state index in [9.17, 15) is 0 Å². The summed E-state index contributed by atoms with van der Waals surface area (Å²) in [5, 5.41) is 7.55. The molecular weight excluding hydrogens is 542 g/mol. The van der Waals surface area contributed by atoms with Crippen molar-refractivity contribution in [1.82, 2.24) is 4.98 Å². The Labute approximate surface area is 263 Å². The Balaban J connectivity index is 1.26. The van der Waals surface area contributed by atoms with Gasteiger partial charge in [0, 0.05) is 21.9 Å². The highest BCUT2D eigenvalue weighted by molar-refractivity contribution is 6.21. The lowest BCUT2D eigenvalue weighted by atomic mass is 9.84. The number of fused-ring (bicyclic) bond motifs is 7. The van der Waals surface area contributed by atoms with Crippen molar-refractivity contribution in [3.05, 3.63) is 163 Å². The Kier molecular flexibility index (Phi) is 5.61. The number of rotatable bonds is 3. The van der Waals surface area contributed by atoms with Gasteiger partial charge in [0.15, 0.2) is 0 Å². The lowest BCUT2D eigenvalue weighted by Gasteiger charge is -2.21. The van der Waals surface area contributed by atoms with E-state index in [2.05, 4.69) is 166 Å². The molecule has 1 heteroatoms. The first-order valence-electron chi connectivity index (χ1n) is 15.7. The molecule has 45 heavy (non-hydrogen) atoms. The predicted molar refractivity (Wildman–Crippen MR) is 191 cm³/mol. The van der Waals surface area contributed by atoms with Gasteiger partial charge in [0.1, 0.15) is 0 Å². The molecule has 0 unspecified atom stereocenters. The smallest absolute Gasteiger partial charge is 0.0784 e. The molecule has 0 saturated carbocycles. The first kappa shape index (κ1) is 25.9. The average Bonchev–Trinajstić information content (AvgIpc) is 3.33. The average molecular weight is 574 g/mol. The maximum Gasteiger partial charge on any atom is 0.0784 e. The fourth-order valence-corrected chi connectivity index (χ4v) is 7.73. The van der Waals surface area contributed by atoms with E-state index < -0.39 is 0 Å². The number of hydrogen-bond acceptors (Lipinski definition) is 1. The van der Waals surface area contributed by atoms with E-state index in [0.717, 1.165) is 17.0 Å². The fraction of sp³-hybridized carbons (Fsp3) is 0.0682. The summed E-state index contributed by atoms with van der Waals surface area (Å²) in [5.41, 5.74) is 12.1. The van der Waals surface area contributed by atoms with Crippen molar-refractivity contribution in [3.8, 4) is 44.6 Å². The number of aromatic nitrogens is 1. The summed E-state index contributed by atoms with van der Waals surface area (Å²) >= 11 is 0. The summed E-state index contributed by atoms with van der Waals surface area (Å²) in [7, 11) is 0. The number of benzene rings is 7. The van der Waals surface area contributed by atoms with E-state index in [1.807, 2.05) is 0 Å². The second-order valence-corrected chi connectivity index (χ2v) is 12.7. The Bertz CT molecular complexity index is 2380. The molecule has 0 radical (unpaired) electrons. The van der Waals surface area contributed by atoms with E-state index in [1.54, 1.807) is 0 Å². The van der Waals surface area contributed by atoms with Crippen molar-refractivity contribution < 1.29 is 0 Å². The molecule has 0 spiro atoms. The van der Waals surface area contributed by atoms with Crippen LogP contribution in [-0.4, -0.2) is 4.98 Å². The third-order valence-corrected chi connectivity index (χ3v) is 9.81. The molecule has 9 rings (SSSR count). The van der Waals surface area contributed by atoms with E-state index in [0.29, 0.717) is 0 Å². The van der Waals surface area contributed by atoms with Crippen molar-refractivity contribution in [3.63, 3.8) is 0 Å². The second kappa shape index (κ2) is 9.74. The van der Waals surface area contributed by atoms with Crippen LogP contribution in [0.4, 0.5) is 0 Å². The van der Waals surface area contributed by atoms with Crippen LogP contribution in [0, 0.1) is 0 Å². The van der Waals surface area contributed by atoms with Gasteiger partial charge in [-0.3, -0.25) is 4.98 Å². The van der Waals surface area contributed by atoms with Crippen molar-refractivity contribution in [2.45, 2.75) is 19.3 Å². The molecule has 0 atom stereocenters. The van der Waals surface area contributed by atoms with Gasteiger partial charge in [-0.1, -0.05) is 166 Å². The minimum Gasteiger partial charge on any atom is -0.251 e. The number of hydrogen-bond donors (Lipinski definition) is 0. The zero-order valence-electron chi connectivity index (χ0n) is 25.4. The summed E-state index contributed by atoms with van der Waals surface area (Å²) in [6, 6.07) is 55.2. The van der Waals surface area contributed by atoms with Crippen LogP contribution in [-0.2, 0) is 5.41 Å². The maximum absolute atomic E-state index is 5.47. The predicted octanol–water partition coefficient (Wildman–Crippen LogP) is 11.8. The van der Waals surface area contributed by atoms with Crippen LogP contribution in [0.3, 0.4) is 0 Å². The third kappa shape index (κ3) is 3.77. The highest BCUT2D eigenvalue weighted by Gasteiger charge is 2.38. The van der Waals surface area contributed by atoms with Crippen LogP contribution in [0.15, 0.2) is 152 Å². The Hall–Kier alpha value is -5.53. The molecule has 1 aliphatic carbocycles. The fourth-order valence-electron chi connectivity index (χ4n) is 7.73. The summed E-state index contributed by atoms with van der Waals surface area (Å²) in [6.45, 7) is 4.61. The molecule has 0 N–H and O–H groups in total. The topological polar surface area (TPSA) is 12.9 Å². The van der Waals surface area contributed by atoms with Crippen LogP contribution < -0.4 is 0 Å². The number of nitrogens with zero attached hydrogens (tertiary/aromatic N) is 1. The molecule has 0 saturated heterocycles. The second-order valence-electron chi connectivity index (χ2n) is 12.7. The van der Waals surface area contributed by atoms with Gasteiger partial charge in [-0.2, -0.15) is 0 Å². The lowest BCUT2D eigenvalue weighted by Crippen LogP contribution is -2.17. The van der Waals surface area contributed by atoms with E-state index in [-0.39, 0.29) is 5.41 Å². The third-order valence-electron chi connectivity index (χ3n) is 9.81. The first-order chi connectivity index (χ1) is 22.1. The van der Waals surface area contributed by atoms with E-state index in [1.165, 1.54) is 71.3 Å². The first-order valence-corrected chi connectivity index (χ1v) is 15.7. The zero-order chi connectivity index (χ0) is 30.1. The maximum atomic E-state index is 5.47. The standard InChI is InChI=1S/C44H31N/c1-44(2)38-23-13-12-22-37(38)41-35-20-10-11-21-36(35)42(45-43(41)44)30-26-24-29(25-27-30)40-33-18-8-6-16-31(33)39(28-14-4-3-5-15-28)32-17-7-9-19-34(32)40/h3-27H,1-2H3.